The molecule has 0 amide bonds. The largest absolute Gasteiger partial charge is 0.375 e. The first-order valence-corrected chi connectivity index (χ1v) is 8.45. The van der Waals surface area contributed by atoms with Crippen molar-refractivity contribution in [3.63, 3.8) is 0 Å². The molecule has 0 fully saturated rings. The molecule has 0 aliphatic carbocycles. The number of fused-ring (bicyclic) bond motifs is 1. The van der Waals surface area contributed by atoms with Gasteiger partial charge in [0.2, 0.25) is 0 Å². The molecule has 0 unspecified atom stereocenters. The van der Waals surface area contributed by atoms with E-state index in [0.29, 0.717) is 10.8 Å². The summed E-state index contributed by atoms with van der Waals surface area (Å²) in [6.45, 7) is 0. The fourth-order valence-electron chi connectivity index (χ4n) is 1.63. The third-order valence-corrected chi connectivity index (χ3v) is 6.04. The highest BCUT2D eigenvalue weighted by Crippen LogP contribution is 2.28. The lowest BCUT2D eigenvalue weighted by Crippen LogP contribution is -2.11. The van der Waals surface area contributed by atoms with Crippen LogP contribution in [0.25, 0.3) is 10.2 Å². The monoisotopic (exact) mass is 311 g/mol. The van der Waals surface area contributed by atoms with E-state index < -0.39 is 10.0 Å². The van der Waals surface area contributed by atoms with Crippen molar-refractivity contribution in [1.82, 2.24) is 4.98 Å². The molecule has 0 atom stereocenters. The van der Waals surface area contributed by atoms with Crippen molar-refractivity contribution in [2.75, 3.05) is 10.5 Å². The molecule has 0 aliphatic heterocycles. The summed E-state index contributed by atoms with van der Waals surface area (Å²) in [5.74, 6) is 0. The van der Waals surface area contributed by atoms with Gasteiger partial charge >= 0.3 is 0 Å². The van der Waals surface area contributed by atoms with Gasteiger partial charge in [-0.15, -0.1) is 11.3 Å². The van der Waals surface area contributed by atoms with E-state index in [1.54, 1.807) is 35.7 Å². The van der Waals surface area contributed by atoms with Crippen LogP contribution < -0.4 is 10.5 Å². The summed E-state index contributed by atoms with van der Waals surface area (Å²) in [7, 11) is -3.51. The minimum absolute atomic E-state index is 0.288. The minimum atomic E-state index is -3.51. The van der Waals surface area contributed by atoms with E-state index in [4.69, 9.17) is 5.73 Å². The maximum Gasteiger partial charge on any atom is 0.271 e. The molecular formula is C11H9N3O2S3. The van der Waals surface area contributed by atoms with Crippen LogP contribution in [-0.2, 0) is 10.0 Å². The van der Waals surface area contributed by atoms with Gasteiger partial charge in [0, 0.05) is 0 Å². The van der Waals surface area contributed by atoms with Crippen LogP contribution in [0.5, 0.6) is 0 Å². The topological polar surface area (TPSA) is 85.1 Å². The van der Waals surface area contributed by atoms with Crippen LogP contribution >= 0.6 is 22.7 Å². The Morgan fingerprint density at radius 1 is 1.26 bits per heavy atom. The van der Waals surface area contributed by atoms with E-state index in [-0.39, 0.29) is 4.21 Å². The van der Waals surface area contributed by atoms with E-state index in [9.17, 15) is 8.42 Å². The SMILES string of the molecule is Nc1nc2ccc(NS(=O)(=O)c3cccs3)cc2s1. The predicted octanol–water partition coefficient (Wildman–Crippen LogP) is 2.74. The van der Waals surface area contributed by atoms with Crippen LogP contribution in [0.4, 0.5) is 10.8 Å². The fourth-order valence-corrected chi connectivity index (χ4v) is 4.44. The van der Waals surface area contributed by atoms with Crippen molar-refractivity contribution in [2.45, 2.75) is 4.21 Å². The molecule has 0 saturated carbocycles. The van der Waals surface area contributed by atoms with Gasteiger partial charge in [-0.1, -0.05) is 17.4 Å². The van der Waals surface area contributed by atoms with Crippen LogP contribution in [-0.4, -0.2) is 13.4 Å². The Kier molecular flexibility index (Phi) is 2.92. The zero-order chi connectivity index (χ0) is 13.5. The molecule has 5 nitrogen and oxygen atoms in total. The average Bonchev–Trinajstić information content (AvgIpc) is 2.95. The van der Waals surface area contributed by atoms with Crippen molar-refractivity contribution < 1.29 is 8.42 Å². The van der Waals surface area contributed by atoms with Crippen LogP contribution in [0.1, 0.15) is 0 Å². The van der Waals surface area contributed by atoms with Crippen LogP contribution in [0.3, 0.4) is 0 Å². The standard InChI is InChI=1S/C11H9N3O2S3/c12-11-13-8-4-3-7(6-9(8)18-11)14-19(15,16)10-2-1-5-17-10/h1-6,14H,(H2,12,13). The molecule has 0 saturated heterocycles. The van der Waals surface area contributed by atoms with Gasteiger partial charge in [-0.25, -0.2) is 13.4 Å². The Morgan fingerprint density at radius 3 is 2.84 bits per heavy atom. The number of aromatic nitrogens is 1. The number of sulfonamides is 1. The number of rotatable bonds is 3. The lowest BCUT2D eigenvalue weighted by atomic mass is 10.3. The zero-order valence-electron chi connectivity index (χ0n) is 9.53. The summed E-state index contributed by atoms with van der Waals surface area (Å²) >= 11 is 2.50. The highest BCUT2D eigenvalue weighted by Gasteiger charge is 2.15. The Hall–Kier alpha value is -1.64. The van der Waals surface area contributed by atoms with Gasteiger partial charge in [0.05, 0.1) is 15.9 Å². The maximum absolute atomic E-state index is 12.1. The molecule has 2 heterocycles. The summed E-state index contributed by atoms with van der Waals surface area (Å²) in [6, 6.07) is 8.41. The number of nitrogens with one attached hydrogen (secondary N) is 1. The Bertz CT molecular complexity index is 822. The first kappa shape index (κ1) is 12.4. The van der Waals surface area contributed by atoms with Gasteiger partial charge in [0.15, 0.2) is 5.13 Å². The number of thiophene rings is 1. The molecule has 19 heavy (non-hydrogen) atoms. The highest BCUT2D eigenvalue weighted by atomic mass is 32.2. The van der Waals surface area contributed by atoms with E-state index in [0.717, 1.165) is 10.2 Å². The predicted molar refractivity (Wildman–Crippen MR) is 79.2 cm³/mol. The first-order chi connectivity index (χ1) is 9.04. The van der Waals surface area contributed by atoms with Gasteiger partial charge < -0.3 is 5.73 Å². The van der Waals surface area contributed by atoms with Crippen LogP contribution in [0.15, 0.2) is 39.9 Å². The Labute approximate surface area is 117 Å². The summed E-state index contributed by atoms with van der Waals surface area (Å²) in [5.41, 5.74) is 6.89. The van der Waals surface area contributed by atoms with Crippen molar-refractivity contribution >= 4 is 53.7 Å². The molecule has 3 N–H and O–H groups in total. The second-order valence-electron chi connectivity index (χ2n) is 3.77. The molecule has 8 heteroatoms. The summed E-state index contributed by atoms with van der Waals surface area (Å²) in [5, 5.41) is 2.19. The number of thiazole rings is 1. The molecule has 2 aromatic heterocycles. The second-order valence-corrected chi connectivity index (χ2v) is 7.69. The van der Waals surface area contributed by atoms with E-state index >= 15 is 0 Å². The van der Waals surface area contributed by atoms with Gasteiger partial charge in [0.25, 0.3) is 10.0 Å². The average molecular weight is 311 g/mol. The van der Waals surface area contributed by atoms with Gasteiger partial charge in [-0.05, 0) is 29.6 Å². The highest BCUT2D eigenvalue weighted by molar-refractivity contribution is 7.94. The van der Waals surface area contributed by atoms with Gasteiger partial charge in [0.1, 0.15) is 4.21 Å². The Balaban J connectivity index is 1.97. The van der Waals surface area contributed by atoms with Gasteiger partial charge in [-0.3, -0.25) is 4.72 Å². The normalized spacial score (nSPS) is 11.8. The number of anilines is 2. The summed E-state index contributed by atoms with van der Waals surface area (Å²) < 4.78 is 27.8. The number of nitrogens with zero attached hydrogens (tertiary/aromatic N) is 1. The van der Waals surface area contributed by atoms with Crippen molar-refractivity contribution in [2.24, 2.45) is 0 Å². The number of hydrogen-bond donors (Lipinski definition) is 2. The molecule has 1 aromatic carbocycles. The van der Waals surface area contributed by atoms with E-state index in [1.807, 2.05) is 0 Å². The number of nitrogen functional groups attached to an aromatic ring is 1. The van der Waals surface area contributed by atoms with Crippen LogP contribution in [0, 0.1) is 0 Å². The number of benzene rings is 1. The van der Waals surface area contributed by atoms with E-state index in [1.165, 1.54) is 22.7 Å². The fraction of sp³-hybridized carbons (Fsp3) is 0. The number of hydrogen-bond acceptors (Lipinski definition) is 6. The molecule has 0 aliphatic rings. The second kappa shape index (κ2) is 4.48. The van der Waals surface area contributed by atoms with Crippen molar-refractivity contribution in [1.29, 1.82) is 0 Å². The third kappa shape index (κ3) is 2.42. The molecule has 0 radical (unpaired) electrons. The number of nitrogens with two attached hydrogens (primary N) is 1. The molecule has 0 spiro atoms. The van der Waals surface area contributed by atoms with Crippen molar-refractivity contribution in [3.05, 3.63) is 35.7 Å². The first-order valence-electron chi connectivity index (χ1n) is 5.27. The molecule has 0 bridgehead atoms. The quantitative estimate of drug-likeness (QED) is 0.779. The lowest BCUT2D eigenvalue weighted by molar-refractivity contribution is 0.603. The molecule has 98 valence electrons. The van der Waals surface area contributed by atoms with E-state index in [2.05, 4.69) is 9.71 Å². The summed E-state index contributed by atoms with van der Waals surface area (Å²) in [4.78, 5) is 4.12. The zero-order valence-corrected chi connectivity index (χ0v) is 12.0. The molecule has 3 rings (SSSR count). The minimum Gasteiger partial charge on any atom is -0.375 e. The van der Waals surface area contributed by atoms with Crippen LogP contribution in [0.2, 0.25) is 0 Å². The lowest BCUT2D eigenvalue weighted by Gasteiger charge is -2.05. The van der Waals surface area contributed by atoms with Crippen molar-refractivity contribution in [3.8, 4) is 0 Å². The third-order valence-electron chi connectivity index (χ3n) is 2.42. The smallest absolute Gasteiger partial charge is 0.271 e. The Morgan fingerprint density at radius 2 is 2.11 bits per heavy atom. The van der Waals surface area contributed by atoms with Gasteiger partial charge in [-0.2, -0.15) is 0 Å². The summed E-state index contributed by atoms with van der Waals surface area (Å²) in [6.07, 6.45) is 0. The molecule has 3 aromatic rings. The maximum atomic E-state index is 12.1. The molecular weight excluding hydrogens is 302 g/mol.